The van der Waals surface area contributed by atoms with E-state index in [2.05, 4.69) is 13.2 Å². The fraction of sp³-hybridized carbons (Fsp3) is 0.222. The summed E-state index contributed by atoms with van der Waals surface area (Å²) in [7, 11) is 0. The molecule has 1 amide bonds. The summed E-state index contributed by atoms with van der Waals surface area (Å²) >= 11 is 0. The van der Waals surface area contributed by atoms with Gasteiger partial charge >= 0.3 is 17.7 Å². The number of nitrogens with zero attached hydrogens (tertiary/aromatic N) is 1. The van der Waals surface area contributed by atoms with Gasteiger partial charge in [-0.3, -0.25) is 9.59 Å². The van der Waals surface area contributed by atoms with Crippen molar-refractivity contribution in [1.29, 1.82) is 0 Å². The molecule has 0 aromatic heterocycles. The van der Waals surface area contributed by atoms with Gasteiger partial charge in [0.05, 0.1) is 0 Å². The van der Waals surface area contributed by atoms with E-state index in [0.29, 0.717) is 0 Å². The number of carboxylic acids is 1. The number of Topliss-reactive ketones (excluding diaryl/α,β-unsaturated/α-hetero) is 1. The largest absolute Gasteiger partial charge is 0.475 e. The van der Waals surface area contributed by atoms with Crippen LogP contribution in [0.25, 0.3) is 0 Å². The minimum absolute atomic E-state index is 0.115. The summed E-state index contributed by atoms with van der Waals surface area (Å²) in [5.74, 6) is -4.26. The number of carboxylic acid groups (broad SMARTS) is 1. The molecule has 0 radical (unpaired) electrons. The summed E-state index contributed by atoms with van der Waals surface area (Å²) in [6.45, 7) is 6.99. The standard InChI is InChI=1S/C9H11NO4/c1-3-5-10(6-4-2)8(12)7(11)9(13)14/h3-4H,1-2,5-6H2,(H,13,14). The van der Waals surface area contributed by atoms with Crippen LogP contribution in [0, 0.1) is 0 Å². The quantitative estimate of drug-likeness (QED) is 0.365. The highest BCUT2D eigenvalue weighted by Crippen LogP contribution is 1.92. The normalized spacial score (nSPS) is 8.86. The highest BCUT2D eigenvalue weighted by Gasteiger charge is 2.26. The highest BCUT2D eigenvalue weighted by atomic mass is 16.4. The van der Waals surface area contributed by atoms with Gasteiger partial charge in [-0.25, -0.2) is 4.79 Å². The van der Waals surface area contributed by atoms with Crippen LogP contribution < -0.4 is 0 Å². The van der Waals surface area contributed by atoms with Crippen LogP contribution >= 0.6 is 0 Å². The van der Waals surface area contributed by atoms with Gasteiger partial charge in [-0.1, -0.05) is 12.2 Å². The van der Waals surface area contributed by atoms with Crippen molar-refractivity contribution in [2.75, 3.05) is 13.1 Å². The molecular formula is C9H11NO4. The van der Waals surface area contributed by atoms with E-state index in [9.17, 15) is 14.4 Å². The third-order valence-electron chi connectivity index (χ3n) is 1.37. The number of carbonyl (C=O) groups excluding carboxylic acids is 2. The molecule has 0 saturated heterocycles. The van der Waals surface area contributed by atoms with Crippen molar-refractivity contribution in [3.8, 4) is 0 Å². The van der Waals surface area contributed by atoms with Crippen LogP contribution in [0.4, 0.5) is 0 Å². The molecule has 0 spiro atoms. The van der Waals surface area contributed by atoms with E-state index in [-0.39, 0.29) is 13.1 Å². The highest BCUT2D eigenvalue weighted by molar-refractivity contribution is 6.61. The van der Waals surface area contributed by atoms with Gasteiger partial charge in [-0.15, -0.1) is 13.2 Å². The number of hydrogen-bond donors (Lipinski definition) is 1. The predicted molar refractivity (Wildman–Crippen MR) is 49.6 cm³/mol. The lowest BCUT2D eigenvalue weighted by atomic mass is 10.3. The lowest BCUT2D eigenvalue weighted by Gasteiger charge is -2.16. The lowest BCUT2D eigenvalue weighted by Crippen LogP contribution is -2.40. The van der Waals surface area contributed by atoms with Gasteiger partial charge in [-0.2, -0.15) is 0 Å². The van der Waals surface area contributed by atoms with Crippen LogP contribution in [0.3, 0.4) is 0 Å². The molecule has 0 atom stereocenters. The first-order valence-electron chi connectivity index (χ1n) is 3.83. The minimum atomic E-state index is -1.76. The first-order valence-corrected chi connectivity index (χ1v) is 3.83. The molecule has 0 aliphatic rings. The van der Waals surface area contributed by atoms with E-state index in [1.165, 1.54) is 12.2 Å². The van der Waals surface area contributed by atoms with E-state index < -0.39 is 17.7 Å². The summed E-state index contributed by atoms with van der Waals surface area (Å²) in [5.41, 5.74) is 0. The van der Waals surface area contributed by atoms with Crippen molar-refractivity contribution in [2.45, 2.75) is 0 Å². The molecule has 0 heterocycles. The van der Waals surface area contributed by atoms with Crippen molar-refractivity contribution in [3.05, 3.63) is 25.3 Å². The van der Waals surface area contributed by atoms with E-state index in [4.69, 9.17) is 5.11 Å². The fourth-order valence-electron chi connectivity index (χ4n) is 0.787. The summed E-state index contributed by atoms with van der Waals surface area (Å²) in [6.07, 6.45) is 2.80. The molecule has 5 heteroatoms. The van der Waals surface area contributed by atoms with Crippen LogP contribution in [0.15, 0.2) is 25.3 Å². The molecule has 0 aromatic rings. The number of amides is 1. The van der Waals surface area contributed by atoms with Crippen LogP contribution in [0.1, 0.15) is 0 Å². The van der Waals surface area contributed by atoms with Crippen LogP contribution in [-0.2, 0) is 14.4 Å². The Bertz CT molecular complexity index is 273. The van der Waals surface area contributed by atoms with Crippen LogP contribution in [-0.4, -0.2) is 40.8 Å². The monoisotopic (exact) mass is 197 g/mol. The zero-order valence-electron chi connectivity index (χ0n) is 7.60. The molecule has 0 saturated carbocycles. The van der Waals surface area contributed by atoms with Gasteiger partial charge in [0.1, 0.15) is 0 Å². The Balaban J connectivity index is 4.57. The topological polar surface area (TPSA) is 74.7 Å². The summed E-state index contributed by atoms with van der Waals surface area (Å²) in [6, 6.07) is 0. The van der Waals surface area contributed by atoms with Crippen LogP contribution in [0.2, 0.25) is 0 Å². The second kappa shape index (κ2) is 5.69. The Labute approximate surface area is 81.3 Å². The van der Waals surface area contributed by atoms with Gasteiger partial charge in [0.2, 0.25) is 0 Å². The SMILES string of the molecule is C=CCN(CC=C)C(=O)C(=O)C(=O)O. The van der Waals surface area contributed by atoms with Gasteiger partial charge in [-0.05, 0) is 0 Å². The number of hydrogen-bond acceptors (Lipinski definition) is 3. The first kappa shape index (κ1) is 12.1. The molecule has 1 N–H and O–H groups in total. The van der Waals surface area contributed by atoms with E-state index >= 15 is 0 Å². The molecule has 0 aliphatic heterocycles. The molecular weight excluding hydrogens is 186 g/mol. The molecule has 0 aliphatic carbocycles. The number of carbonyl (C=O) groups is 3. The van der Waals surface area contributed by atoms with E-state index in [0.717, 1.165) is 4.90 Å². The summed E-state index contributed by atoms with van der Waals surface area (Å²) < 4.78 is 0. The molecule has 0 aromatic carbocycles. The number of ketones is 1. The minimum Gasteiger partial charge on any atom is -0.475 e. The third kappa shape index (κ3) is 3.22. The molecule has 0 unspecified atom stereocenters. The smallest absolute Gasteiger partial charge is 0.382 e. The Hall–Kier alpha value is -1.91. The second-order valence-corrected chi connectivity index (χ2v) is 2.42. The lowest BCUT2D eigenvalue weighted by molar-refractivity contribution is -0.156. The molecule has 14 heavy (non-hydrogen) atoms. The van der Waals surface area contributed by atoms with Gasteiger partial charge in [0, 0.05) is 13.1 Å². The van der Waals surface area contributed by atoms with Crippen molar-refractivity contribution >= 4 is 17.7 Å². The van der Waals surface area contributed by atoms with Gasteiger partial charge in [0.15, 0.2) is 0 Å². The summed E-state index contributed by atoms with van der Waals surface area (Å²) in [4.78, 5) is 33.2. The maximum absolute atomic E-state index is 11.2. The fourth-order valence-corrected chi connectivity index (χ4v) is 0.787. The number of aliphatic carboxylic acids is 1. The van der Waals surface area contributed by atoms with E-state index in [1.807, 2.05) is 0 Å². The molecule has 76 valence electrons. The Morgan fingerprint density at radius 3 is 1.86 bits per heavy atom. The average molecular weight is 197 g/mol. The van der Waals surface area contributed by atoms with Crippen LogP contribution in [0.5, 0.6) is 0 Å². The Morgan fingerprint density at radius 2 is 1.57 bits per heavy atom. The second-order valence-electron chi connectivity index (χ2n) is 2.42. The molecule has 5 nitrogen and oxygen atoms in total. The third-order valence-corrected chi connectivity index (χ3v) is 1.37. The molecule has 0 rings (SSSR count). The van der Waals surface area contributed by atoms with Crippen molar-refractivity contribution in [3.63, 3.8) is 0 Å². The van der Waals surface area contributed by atoms with Gasteiger partial charge < -0.3 is 10.0 Å². The summed E-state index contributed by atoms with van der Waals surface area (Å²) in [5, 5.41) is 8.29. The van der Waals surface area contributed by atoms with Crippen molar-refractivity contribution in [1.82, 2.24) is 4.90 Å². The van der Waals surface area contributed by atoms with Gasteiger partial charge in [0.25, 0.3) is 0 Å². The maximum atomic E-state index is 11.2. The van der Waals surface area contributed by atoms with Crippen molar-refractivity contribution in [2.24, 2.45) is 0 Å². The van der Waals surface area contributed by atoms with Crippen molar-refractivity contribution < 1.29 is 19.5 Å². The Morgan fingerprint density at radius 1 is 1.14 bits per heavy atom. The molecule has 0 bridgehead atoms. The maximum Gasteiger partial charge on any atom is 0.382 e. The Kier molecular flexibility index (Phi) is 4.91. The first-order chi connectivity index (χ1) is 6.54. The zero-order chi connectivity index (χ0) is 11.1. The van der Waals surface area contributed by atoms with E-state index in [1.54, 1.807) is 0 Å². The number of rotatable bonds is 6. The molecule has 0 fully saturated rings. The zero-order valence-corrected chi connectivity index (χ0v) is 7.60. The average Bonchev–Trinajstić information content (AvgIpc) is 2.15. The predicted octanol–water partition coefficient (Wildman–Crippen LogP) is -0.159.